The summed E-state index contributed by atoms with van der Waals surface area (Å²) >= 11 is 0. The molecule has 19 heavy (non-hydrogen) atoms. The molecule has 1 unspecified atom stereocenters. The third-order valence-electron chi connectivity index (χ3n) is 2.29. The van der Waals surface area contributed by atoms with Crippen molar-refractivity contribution in [2.75, 3.05) is 28.4 Å². The number of hydrogen-bond donors (Lipinski definition) is 0. The number of methoxy groups -OCH3 is 2. The van der Waals surface area contributed by atoms with Crippen LogP contribution >= 0.6 is 7.60 Å². The van der Waals surface area contributed by atoms with Crippen molar-refractivity contribution in [3.05, 3.63) is 0 Å². The molecule has 0 aliphatic rings. The highest BCUT2D eigenvalue weighted by Crippen LogP contribution is 2.62. The van der Waals surface area contributed by atoms with Gasteiger partial charge in [0.25, 0.3) is 0 Å². The second-order valence-electron chi connectivity index (χ2n) is 3.50. The highest BCUT2D eigenvalue weighted by Gasteiger charge is 2.58. The molecule has 0 rings (SSSR count). The van der Waals surface area contributed by atoms with Crippen molar-refractivity contribution in [3.63, 3.8) is 0 Å². The second kappa shape index (κ2) is 7.56. The Kier molecular flexibility index (Phi) is 7.17. The molecule has 0 aliphatic carbocycles. The molecule has 0 aromatic carbocycles. The van der Waals surface area contributed by atoms with Gasteiger partial charge in [0.1, 0.15) is 0 Å². The van der Waals surface area contributed by atoms with Crippen LogP contribution in [0.25, 0.3) is 0 Å². The minimum Gasteiger partial charge on any atom is -0.469 e. The Balaban J connectivity index is 5.58. The largest absolute Gasteiger partial charge is 0.469 e. The molecule has 112 valence electrons. The van der Waals surface area contributed by atoms with E-state index >= 15 is 0 Å². The van der Waals surface area contributed by atoms with Gasteiger partial charge in [0, 0.05) is 0 Å². The zero-order chi connectivity index (χ0) is 15.1. The first-order valence-corrected chi connectivity index (χ1v) is 6.55. The first kappa shape index (κ1) is 18.0. The molecule has 0 fully saturated rings. The summed E-state index contributed by atoms with van der Waals surface area (Å²) in [7, 11) is -0.0190. The maximum atomic E-state index is 12.5. The second-order valence-corrected chi connectivity index (χ2v) is 5.78. The Bertz CT molecular complexity index is 359. The molecule has 0 bridgehead atoms. The third-order valence-corrected chi connectivity index (χ3v) is 4.53. The van der Waals surface area contributed by atoms with Crippen LogP contribution in [0.2, 0.25) is 0 Å². The topological polar surface area (TPSA) is 107 Å². The molecule has 9 nitrogen and oxygen atoms in total. The van der Waals surface area contributed by atoms with Crippen LogP contribution in [-0.4, -0.2) is 45.5 Å². The summed E-state index contributed by atoms with van der Waals surface area (Å²) in [5, 5.41) is -1.99. The predicted molar refractivity (Wildman–Crippen MR) is 60.8 cm³/mol. The molecular formula is C9H17O9P. The smallest absolute Gasteiger partial charge is 0.401 e. The zero-order valence-corrected chi connectivity index (χ0v) is 12.2. The van der Waals surface area contributed by atoms with Gasteiger partial charge >= 0.3 is 19.5 Å². The molecule has 0 aromatic rings. The zero-order valence-electron chi connectivity index (χ0n) is 11.3. The maximum absolute atomic E-state index is 12.5. The van der Waals surface area contributed by atoms with Gasteiger partial charge in [-0.3, -0.25) is 14.2 Å². The number of carbonyl (C=O) groups excluding carboxylic acids is 2. The van der Waals surface area contributed by atoms with Gasteiger partial charge in [-0.25, -0.2) is 9.78 Å². The molecule has 10 heteroatoms. The van der Waals surface area contributed by atoms with Crippen LogP contribution in [0.15, 0.2) is 0 Å². The van der Waals surface area contributed by atoms with Crippen LogP contribution in [0.3, 0.4) is 0 Å². The van der Waals surface area contributed by atoms with Crippen LogP contribution in [-0.2, 0) is 42.8 Å². The predicted octanol–water partition coefficient (Wildman–Crippen LogP) is 0.830. The Morgan fingerprint density at radius 2 is 1.47 bits per heavy atom. The highest BCUT2D eigenvalue weighted by molar-refractivity contribution is 7.56. The van der Waals surface area contributed by atoms with E-state index in [1.807, 2.05) is 0 Å². The summed E-state index contributed by atoms with van der Waals surface area (Å²) in [4.78, 5) is 31.7. The van der Waals surface area contributed by atoms with E-state index in [1.54, 1.807) is 0 Å². The Morgan fingerprint density at radius 3 is 1.79 bits per heavy atom. The molecule has 0 aromatic heterocycles. The van der Waals surface area contributed by atoms with Gasteiger partial charge in [-0.05, 0) is 6.92 Å². The first-order chi connectivity index (χ1) is 8.81. The minimum absolute atomic E-state index is 0.611. The summed E-state index contributed by atoms with van der Waals surface area (Å²) in [6.07, 6.45) is -0.611. The average molecular weight is 300 g/mol. The van der Waals surface area contributed by atoms with E-state index in [9.17, 15) is 14.2 Å². The lowest BCUT2D eigenvalue weighted by Crippen LogP contribution is -2.40. The number of hydrogen-bond acceptors (Lipinski definition) is 9. The van der Waals surface area contributed by atoms with Crippen LogP contribution < -0.4 is 0 Å². The Morgan fingerprint density at radius 1 is 1.00 bits per heavy atom. The Hall–Kier alpha value is -0.990. The van der Waals surface area contributed by atoms with Crippen molar-refractivity contribution in [1.29, 1.82) is 0 Å². The SMILES string of the molecule is COOP(=O)(OOC)C(C)(CC(=O)OC)C(=O)OC. The molecule has 0 spiro atoms. The van der Waals surface area contributed by atoms with E-state index in [-0.39, 0.29) is 0 Å². The normalized spacial score (nSPS) is 14.6. The van der Waals surface area contributed by atoms with E-state index < -0.39 is 31.1 Å². The number of carbonyl (C=O) groups is 2. The van der Waals surface area contributed by atoms with E-state index in [0.717, 1.165) is 35.4 Å². The summed E-state index contributed by atoms with van der Waals surface area (Å²) in [5.74, 6) is -1.82. The van der Waals surface area contributed by atoms with Gasteiger partial charge in [0.15, 0.2) is 5.16 Å². The van der Waals surface area contributed by atoms with E-state index in [2.05, 4.69) is 28.6 Å². The summed E-state index contributed by atoms with van der Waals surface area (Å²) < 4.78 is 30.4. The van der Waals surface area contributed by atoms with Gasteiger partial charge in [-0.2, -0.15) is 0 Å². The molecule has 0 saturated carbocycles. The van der Waals surface area contributed by atoms with Crippen LogP contribution in [0, 0.1) is 0 Å². The van der Waals surface area contributed by atoms with Crippen LogP contribution in [0.5, 0.6) is 0 Å². The van der Waals surface area contributed by atoms with Crippen molar-refractivity contribution in [2.24, 2.45) is 0 Å². The van der Waals surface area contributed by atoms with Crippen LogP contribution in [0.4, 0.5) is 0 Å². The van der Waals surface area contributed by atoms with Crippen LogP contribution in [0.1, 0.15) is 13.3 Å². The van der Waals surface area contributed by atoms with E-state index in [0.29, 0.717) is 0 Å². The standard InChI is InChI=1S/C9H17O9P/c1-9(8(11)14-3,6-7(10)13-2)19(12,17-15-4)18-16-5/h6H2,1-5H3. The summed E-state index contributed by atoms with van der Waals surface area (Å²) in [5.41, 5.74) is 0. The van der Waals surface area contributed by atoms with Gasteiger partial charge in [-0.1, -0.05) is 0 Å². The summed E-state index contributed by atoms with van der Waals surface area (Å²) in [6.45, 7) is 1.15. The molecule has 0 amide bonds. The monoisotopic (exact) mass is 300 g/mol. The molecule has 0 N–H and O–H groups in total. The average Bonchev–Trinajstić information content (AvgIpc) is 2.37. The quantitative estimate of drug-likeness (QED) is 0.279. The molecule has 1 atom stereocenters. The number of esters is 2. The molecule has 0 saturated heterocycles. The van der Waals surface area contributed by atoms with Gasteiger partial charge in [-0.15, -0.1) is 9.35 Å². The molecule has 0 aliphatic heterocycles. The van der Waals surface area contributed by atoms with Crippen molar-refractivity contribution >= 4 is 19.5 Å². The van der Waals surface area contributed by atoms with Crippen molar-refractivity contribution in [3.8, 4) is 0 Å². The summed E-state index contributed by atoms with van der Waals surface area (Å²) in [6, 6.07) is 0. The fourth-order valence-corrected chi connectivity index (χ4v) is 2.61. The lowest BCUT2D eigenvalue weighted by atomic mass is 10.1. The van der Waals surface area contributed by atoms with Gasteiger partial charge in [0.05, 0.1) is 34.9 Å². The van der Waals surface area contributed by atoms with Crippen molar-refractivity contribution in [2.45, 2.75) is 18.5 Å². The van der Waals surface area contributed by atoms with E-state index in [1.165, 1.54) is 0 Å². The molecule has 0 radical (unpaired) electrons. The first-order valence-electron chi connectivity index (χ1n) is 5.01. The van der Waals surface area contributed by atoms with Crippen molar-refractivity contribution < 1.29 is 42.8 Å². The minimum atomic E-state index is -4.30. The number of ether oxygens (including phenoxy) is 2. The maximum Gasteiger partial charge on any atom is 0.401 e. The van der Waals surface area contributed by atoms with E-state index in [4.69, 9.17) is 0 Å². The van der Waals surface area contributed by atoms with Gasteiger partial charge < -0.3 is 9.47 Å². The molecule has 0 heterocycles. The lowest BCUT2D eigenvalue weighted by Gasteiger charge is -2.29. The fourth-order valence-electron chi connectivity index (χ4n) is 1.23. The number of rotatable bonds is 8. The van der Waals surface area contributed by atoms with Crippen molar-refractivity contribution in [1.82, 2.24) is 0 Å². The molecular weight excluding hydrogens is 283 g/mol. The Labute approximate surface area is 110 Å². The van der Waals surface area contributed by atoms with Gasteiger partial charge in [0.2, 0.25) is 0 Å². The highest BCUT2D eigenvalue weighted by atomic mass is 31.2. The third kappa shape index (κ3) is 3.99. The fraction of sp³-hybridized carbons (Fsp3) is 0.778. The lowest BCUT2D eigenvalue weighted by molar-refractivity contribution is -0.246.